The van der Waals surface area contributed by atoms with Crippen LogP contribution >= 0.6 is 15.9 Å². The van der Waals surface area contributed by atoms with Crippen LogP contribution in [-0.2, 0) is 10.0 Å². The monoisotopic (exact) mass is 413 g/mol. The Morgan fingerprint density at radius 1 is 1.17 bits per heavy atom. The SMILES string of the molecule is CCOc1ccc(S(=O)(=O)NC(C)c2ccc(OC)c(Br)c2)cc1. The molecule has 1 unspecified atom stereocenters. The van der Waals surface area contributed by atoms with Crippen molar-refractivity contribution in [3.8, 4) is 11.5 Å². The van der Waals surface area contributed by atoms with Crippen molar-refractivity contribution in [2.24, 2.45) is 0 Å². The average molecular weight is 414 g/mol. The van der Waals surface area contributed by atoms with Crippen LogP contribution in [0.3, 0.4) is 0 Å². The van der Waals surface area contributed by atoms with Crippen molar-refractivity contribution in [3.63, 3.8) is 0 Å². The van der Waals surface area contributed by atoms with Crippen LogP contribution in [-0.4, -0.2) is 22.1 Å². The summed E-state index contributed by atoms with van der Waals surface area (Å²) in [6.45, 7) is 4.20. The Kier molecular flexibility index (Phi) is 6.26. The highest BCUT2D eigenvalue weighted by Crippen LogP contribution is 2.28. The van der Waals surface area contributed by atoms with Gasteiger partial charge in [-0.15, -0.1) is 0 Å². The number of benzene rings is 2. The Bertz CT molecular complexity index is 791. The normalized spacial score (nSPS) is 12.7. The summed E-state index contributed by atoms with van der Waals surface area (Å²) < 4.78 is 39.0. The van der Waals surface area contributed by atoms with E-state index in [2.05, 4.69) is 20.7 Å². The van der Waals surface area contributed by atoms with Crippen LogP contribution in [0.1, 0.15) is 25.5 Å². The number of methoxy groups -OCH3 is 1. The Hall–Kier alpha value is -1.57. The molecule has 0 heterocycles. The molecule has 0 aromatic heterocycles. The molecule has 1 N–H and O–H groups in total. The molecular weight excluding hydrogens is 394 g/mol. The van der Waals surface area contributed by atoms with Gasteiger partial charge in [-0.2, -0.15) is 0 Å². The number of rotatable bonds is 7. The number of nitrogens with one attached hydrogen (secondary N) is 1. The van der Waals surface area contributed by atoms with Crippen molar-refractivity contribution in [1.82, 2.24) is 4.72 Å². The molecule has 7 heteroatoms. The molecule has 2 aromatic rings. The molecule has 0 aliphatic heterocycles. The Balaban J connectivity index is 2.17. The van der Waals surface area contributed by atoms with E-state index in [1.807, 2.05) is 19.1 Å². The summed E-state index contributed by atoms with van der Waals surface area (Å²) in [5, 5.41) is 0. The molecule has 0 radical (unpaired) electrons. The highest BCUT2D eigenvalue weighted by atomic mass is 79.9. The summed E-state index contributed by atoms with van der Waals surface area (Å²) in [5.41, 5.74) is 0.831. The van der Waals surface area contributed by atoms with Crippen LogP contribution in [0.15, 0.2) is 51.8 Å². The Morgan fingerprint density at radius 2 is 1.83 bits per heavy atom. The number of hydrogen-bond acceptors (Lipinski definition) is 4. The van der Waals surface area contributed by atoms with E-state index < -0.39 is 10.0 Å². The molecule has 24 heavy (non-hydrogen) atoms. The molecular formula is C17H20BrNO4S. The quantitative estimate of drug-likeness (QED) is 0.747. The van der Waals surface area contributed by atoms with Gasteiger partial charge in [0.2, 0.25) is 10.0 Å². The zero-order valence-electron chi connectivity index (χ0n) is 13.7. The Morgan fingerprint density at radius 3 is 2.38 bits per heavy atom. The second-order valence-electron chi connectivity index (χ2n) is 5.14. The molecule has 0 amide bonds. The molecule has 0 spiro atoms. The fourth-order valence-electron chi connectivity index (χ4n) is 2.20. The van der Waals surface area contributed by atoms with Gasteiger partial charge >= 0.3 is 0 Å². The highest BCUT2D eigenvalue weighted by molar-refractivity contribution is 9.10. The van der Waals surface area contributed by atoms with Gasteiger partial charge in [-0.3, -0.25) is 0 Å². The third-order valence-electron chi connectivity index (χ3n) is 3.45. The van der Waals surface area contributed by atoms with Gasteiger partial charge in [0.05, 0.1) is 23.1 Å². The van der Waals surface area contributed by atoms with Crippen molar-refractivity contribution >= 4 is 26.0 Å². The third kappa shape index (κ3) is 4.49. The van der Waals surface area contributed by atoms with Crippen LogP contribution in [0.2, 0.25) is 0 Å². The maximum Gasteiger partial charge on any atom is 0.241 e. The van der Waals surface area contributed by atoms with E-state index in [0.717, 1.165) is 10.0 Å². The Labute approximate surface area is 151 Å². The van der Waals surface area contributed by atoms with E-state index in [1.54, 1.807) is 32.2 Å². The van der Waals surface area contributed by atoms with Gasteiger partial charge in [0.25, 0.3) is 0 Å². The van der Waals surface area contributed by atoms with Gasteiger partial charge in [0.1, 0.15) is 11.5 Å². The fraction of sp³-hybridized carbons (Fsp3) is 0.294. The summed E-state index contributed by atoms with van der Waals surface area (Å²) in [6.07, 6.45) is 0. The largest absolute Gasteiger partial charge is 0.496 e. The predicted molar refractivity (Wildman–Crippen MR) is 97.0 cm³/mol. The fourth-order valence-corrected chi connectivity index (χ4v) is 3.99. The predicted octanol–water partition coefficient (Wildman–Crippen LogP) is 3.90. The second kappa shape index (κ2) is 8.00. The summed E-state index contributed by atoms with van der Waals surface area (Å²) in [7, 11) is -2.04. The zero-order chi connectivity index (χ0) is 17.7. The number of sulfonamides is 1. The number of ether oxygens (including phenoxy) is 2. The first-order valence-electron chi connectivity index (χ1n) is 7.46. The van der Waals surface area contributed by atoms with Gasteiger partial charge in [-0.05, 0) is 71.7 Å². The van der Waals surface area contributed by atoms with E-state index in [4.69, 9.17) is 9.47 Å². The van der Waals surface area contributed by atoms with E-state index in [-0.39, 0.29) is 10.9 Å². The lowest BCUT2D eigenvalue weighted by Gasteiger charge is -2.16. The molecule has 0 saturated heterocycles. The molecule has 2 aromatic carbocycles. The minimum atomic E-state index is -3.62. The number of halogens is 1. The summed E-state index contributed by atoms with van der Waals surface area (Å²) >= 11 is 3.41. The molecule has 0 fully saturated rings. The van der Waals surface area contributed by atoms with Crippen LogP contribution in [0, 0.1) is 0 Å². The molecule has 130 valence electrons. The maximum absolute atomic E-state index is 12.5. The minimum absolute atomic E-state index is 0.199. The van der Waals surface area contributed by atoms with E-state index >= 15 is 0 Å². The molecule has 1 atom stereocenters. The topological polar surface area (TPSA) is 64.6 Å². The van der Waals surface area contributed by atoms with Gasteiger partial charge < -0.3 is 9.47 Å². The van der Waals surface area contributed by atoms with Crippen molar-refractivity contribution in [2.75, 3.05) is 13.7 Å². The molecule has 5 nitrogen and oxygen atoms in total. The first kappa shape index (κ1) is 18.8. The molecule has 0 bridgehead atoms. The molecule has 0 aliphatic carbocycles. The van der Waals surface area contributed by atoms with E-state index in [9.17, 15) is 8.42 Å². The van der Waals surface area contributed by atoms with E-state index in [0.29, 0.717) is 18.1 Å². The lowest BCUT2D eigenvalue weighted by Crippen LogP contribution is -2.26. The lowest BCUT2D eigenvalue weighted by atomic mass is 10.1. The van der Waals surface area contributed by atoms with Crippen molar-refractivity contribution in [3.05, 3.63) is 52.5 Å². The second-order valence-corrected chi connectivity index (χ2v) is 7.71. The van der Waals surface area contributed by atoms with Crippen molar-refractivity contribution < 1.29 is 17.9 Å². The van der Waals surface area contributed by atoms with Crippen LogP contribution in [0.4, 0.5) is 0 Å². The van der Waals surface area contributed by atoms with Gasteiger partial charge in [0.15, 0.2) is 0 Å². The van der Waals surface area contributed by atoms with Crippen LogP contribution in [0.5, 0.6) is 11.5 Å². The van der Waals surface area contributed by atoms with Gasteiger partial charge in [-0.1, -0.05) is 6.07 Å². The third-order valence-corrected chi connectivity index (χ3v) is 5.63. The van der Waals surface area contributed by atoms with Crippen molar-refractivity contribution in [2.45, 2.75) is 24.8 Å². The summed E-state index contributed by atoms with van der Waals surface area (Å²) in [4.78, 5) is 0.199. The first-order valence-corrected chi connectivity index (χ1v) is 9.73. The minimum Gasteiger partial charge on any atom is -0.496 e. The van der Waals surface area contributed by atoms with Crippen LogP contribution < -0.4 is 14.2 Å². The van der Waals surface area contributed by atoms with Gasteiger partial charge in [0, 0.05) is 6.04 Å². The number of hydrogen-bond donors (Lipinski definition) is 1. The highest BCUT2D eigenvalue weighted by Gasteiger charge is 2.19. The van der Waals surface area contributed by atoms with Crippen LogP contribution in [0.25, 0.3) is 0 Å². The smallest absolute Gasteiger partial charge is 0.241 e. The summed E-state index contributed by atoms with van der Waals surface area (Å²) in [6, 6.07) is 11.4. The first-order chi connectivity index (χ1) is 11.4. The summed E-state index contributed by atoms with van der Waals surface area (Å²) in [5.74, 6) is 1.34. The van der Waals surface area contributed by atoms with Gasteiger partial charge in [-0.25, -0.2) is 13.1 Å². The molecule has 2 rings (SSSR count). The van der Waals surface area contributed by atoms with Crippen molar-refractivity contribution in [1.29, 1.82) is 0 Å². The van der Waals surface area contributed by atoms with E-state index in [1.165, 1.54) is 12.1 Å². The maximum atomic E-state index is 12.5. The average Bonchev–Trinajstić information content (AvgIpc) is 2.55. The molecule has 0 aliphatic rings. The lowest BCUT2D eigenvalue weighted by molar-refractivity contribution is 0.340. The standard InChI is InChI=1S/C17H20BrNO4S/c1-4-23-14-6-8-15(9-7-14)24(20,21)19-12(2)13-5-10-17(22-3)16(18)11-13/h5-12,19H,4H2,1-3H3. The zero-order valence-corrected chi connectivity index (χ0v) is 16.1. The molecule has 0 saturated carbocycles.